The Bertz CT molecular complexity index is 2100. The molecule has 2 atom stereocenters. The largest absolute Gasteiger partial charge is 0.444 e. The number of sulfonamides is 1. The lowest BCUT2D eigenvalue weighted by Gasteiger charge is -2.33. The van der Waals surface area contributed by atoms with Crippen LogP contribution in [0.15, 0.2) is 65.8 Å². The van der Waals surface area contributed by atoms with E-state index in [0.29, 0.717) is 29.7 Å². The van der Waals surface area contributed by atoms with Crippen LogP contribution >= 0.6 is 24.0 Å². The van der Waals surface area contributed by atoms with E-state index in [1.807, 2.05) is 50.8 Å². The van der Waals surface area contributed by atoms with Gasteiger partial charge in [-0.05, 0) is 114 Å². The fraction of sp³-hybridized carbons (Fsp3) is 0.462. The molecule has 1 fully saturated rings. The van der Waals surface area contributed by atoms with Crippen molar-refractivity contribution < 1.29 is 22.7 Å². The highest BCUT2D eigenvalue weighted by Gasteiger charge is 2.43. The van der Waals surface area contributed by atoms with E-state index in [2.05, 4.69) is 60.7 Å². The van der Waals surface area contributed by atoms with Crippen molar-refractivity contribution in [3.05, 3.63) is 88.3 Å². The first kappa shape index (κ1) is 41.8. The van der Waals surface area contributed by atoms with Crippen LogP contribution in [0.2, 0.25) is 5.15 Å². The van der Waals surface area contributed by atoms with E-state index in [0.717, 1.165) is 29.7 Å². The molecule has 4 aromatic rings. The molecule has 14 heteroatoms. The number of aromatic nitrogens is 3. The van der Waals surface area contributed by atoms with Gasteiger partial charge in [0, 0.05) is 23.7 Å². The Morgan fingerprint density at radius 1 is 1.04 bits per heavy atom. The topological polar surface area (TPSA) is 143 Å². The molecule has 1 unspecified atom stereocenters. The van der Waals surface area contributed by atoms with E-state index in [1.165, 1.54) is 12.1 Å². The van der Waals surface area contributed by atoms with E-state index < -0.39 is 21.5 Å². The number of halogens is 2. The van der Waals surface area contributed by atoms with Crippen LogP contribution in [0.5, 0.6) is 0 Å². The van der Waals surface area contributed by atoms with Gasteiger partial charge in [0.2, 0.25) is 0 Å². The number of para-hydroxylation sites is 1. The van der Waals surface area contributed by atoms with Gasteiger partial charge in [0.1, 0.15) is 16.6 Å². The molecule has 1 aliphatic heterocycles. The number of amides is 2. The molecule has 0 aliphatic carbocycles. The van der Waals surface area contributed by atoms with Gasteiger partial charge in [-0.25, -0.2) is 19.5 Å². The van der Waals surface area contributed by atoms with E-state index in [1.54, 1.807) is 24.4 Å². The Hall–Kier alpha value is -4.00. The molecule has 2 amide bonds. The first-order chi connectivity index (χ1) is 24.1. The van der Waals surface area contributed by atoms with Gasteiger partial charge in [-0.2, -0.15) is 8.42 Å². The molecule has 1 aliphatic rings. The molecule has 2 N–H and O–H groups in total. The second kappa shape index (κ2) is 15.8. The van der Waals surface area contributed by atoms with Crippen molar-refractivity contribution in [2.75, 3.05) is 11.9 Å². The fourth-order valence-corrected chi connectivity index (χ4v) is 7.72. The number of ether oxygens (including phenoxy) is 1. The second-order valence-electron chi connectivity index (χ2n) is 16.2. The standard InChI is InChI=1S/C39H49ClN6O5S.ClH/c1-24-12-10-13-26-20-28(34(40)44-33(24)26)35(47)45-52(49,50)32-15-11-14-31(43-32)42-29(30-21-27(18-19-41-30)37(2,3)4)17-16-25-22-39(8,9)46(23-25)36(48)51-38(5,6)7;/h10-15,18-21,25,29H,16-17,22-23H2,1-9H3,(H,42,43)(H,45,47);1H/t25-,29?;/m0./s1. The number of carbonyl (C=O) groups is 2. The minimum absolute atomic E-state index is 0. The number of carbonyl (C=O) groups excluding carboxylic acids is 2. The summed E-state index contributed by atoms with van der Waals surface area (Å²) in [7, 11) is -4.40. The predicted octanol–water partition coefficient (Wildman–Crippen LogP) is 8.79. The number of nitrogens with zero attached hydrogens (tertiary/aromatic N) is 4. The molecule has 4 heterocycles. The summed E-state index contributed by atoms with van der Waals surface area (Å²) in [6.45, 7) is 18.5. The zero-order valence-electron chi connectivity index (χ0n) is 31.8. The number of rotatable bonds is 9. The van der Waals surface area contributed by atoms with Crippen molar-refractivity contribution in [3.8, 4) is 0 Å². The number of pyridine rings is 3. The zero-order chi connectivity index (χ0) is 38.2. The average molecular weight is 786 g/mol. The summed E-state index contributed by atoms with van der Waals surface area (Å²) >= 11 is 6.34. The lowest BCUT2D eigenvalue weighted by Crippen LogP contribution is -2.45. The van der Waals surface area contributed by atoms with Gasteiger partial charge in [0.25, 0.3) is 15.9 Å². The van der Waals surface area contributed by atoms with E-state index in [-0.39, 0.29) is 57.2 Å². The van der Waals surface area contributed by atoms with Crippen molar-refractivity contribution in [1.29, 1.82) is 0 Å². The lowest BCUT2D eigenvalue weighted by atomic mass is 9.86. The summed E-state index contributed by atoms with van der Waals surface area (Å²) in [4.78, 5) is 41.6. The highest BCUT2D eigenvalue weighted by molar-refractivity contribution is 7.90. The van der Waals surface area contributed by atoms with E-state index >= 15 is 0 Å². The maximum Gasteiger partial charge on any atom is 0.410 e. The Labute approximate surface area is 324 Å². The number of fused-ring (bicyclic) bond motifs is 1. The summed E-state index contributed by atoms with van der Waals surface area (Å²) in [5.74, 6) is -0.416. The Morgan fingerprint density at radius 3 is 2.42 bits per heavy atom. The molecular formula is C39H50Cl2N6O5S. The molecule has 11 nitrogen and oxygen atoms in total. The van der Waals surface area contributed by atoms with E-state index in [9.17, 15) is 18.0 Å². The van der Waals surface area contributed by atoms with Crippen LogP contribution < -0.4 is 10.0 Å². The molecule has 0 radical (unpaired) electrons. The third kappa shape index (κ3) is 10.2. The summed E-state index contributed by atoms with van der Waals surface area (Å²) in [5, 5.41) is 3.64. The fourth-order valence-electron chi connectivity index (χ4n) is 6.56. The molecule has 3 aromatic heterocycles. The maximum atomic E-state index is 13.5. The molecule has 0 saturated carbocycles. The van der Waals surface area contributed by atoms with E-state index in [4.69, 9.17) is 21.3 Å². The highest BCUT2D eigenvalue weighted by Crippen LogP contribution is 2.38. The number of hydrogen-bond donors (Lipinski definition) is 2. The van der Waals surface area contributed by atoms with Crippen LogP contribution in [-0.2, 0) is 20.2 Å². The number of benzene rings is 1. The maximum absolute atomic E-state index is 13.5. The average Bonchev–Trinajstić information content (AvgIpc) is 3.36. The van der Waals surface area contributed by atoms with Crippen molar-refractivity contribution in [3.63, 3.8) is 0 Å². The number of nitrogens with one attached hydrogen (secondary N) is 2. The highest BCUT2D eigenvalue weighted by atomic mass is 35.5. The van der Waals surface area contributed by atoms with Crippen molar-refractivity contribution in [2.45, 2.75) is 109 Å². The smallest absolute Gasteiger partial charge is 0.410 e. The van der Waals surface area contributed by atoms with Crippen molar-refractivity contribution >= 4 is 62.8 Å². The molecule has 0 bridgehead atoms. The summed E-state index contributed by atoms with van der Waals surface area (Å²) < 4.78 is 34.8. The molecule has 5 rings (SSSR count). The van der Waals surface area contributed by atoms with Crippen LogP contribution in [0.3, 0.4) is 0 Å². The van der Waals surface area contributed by atoms with Gasteiger partial charge in [0.05, 0.1) is 22.8 Å². The normalized spacial score (nSPS) is 16.5. The summed E-state index contributed by atoms with van der Waals surface area (Å²) in [5.41, 5.74) is 2.23. The van der Waals surface area contributed by atoms with Gasteiger partial charge in [-0.1, -0.05) is 56.6 Å². The second-order valence-corrected chi connectivity index (χ2v) is 18.2. The first-order valence-electron chi connectivity index (χ1n) is 17.5. The predicted molar refractivity (Wildman–Crippen MR) is 211 cm³/mol. The summed E-state index contributed by atoms with van der Waals surface area (Å²) in [6, 6.07) is 15.3. The zero-order valence-corrected chi connectivity index (χ0v) is 34.2. The Balaban J connectivity index is 0.00000627. The van der Waals surface area contributed by atoms with Gasteiger partial charge in [0.15, 0.2) is 5.03 Å². The number of anilines is 1. The van der Waals surface area contributed by atoms with Crippen LogP contribution in [-0.4, -0.2) is 58.0 Å². The van der Waals surface area contributed by atoms with Gasteiger partial charge in [-0.15, -0.1) is 12.4 Å². The summed E-state index contributed by atoms with van der Waals surface area (Å²) in [6.07, 6.45) is 3.65. The Kier molecular flexibility index (Phi) is 12.4. The quantitative estimate of drug-likeness (QED) is 0.159. The number of hydrogen-bond acceptors (Lipinski definition) is 9. The van der Waals surface area contributed by atoms with Crippen molar-refractivity contribution in [1.82, 2.24) is 24.6 Å². The number of aryl methyl sites for hydroxylation is 1. The molecule has 1 saturated heterocycles. The molecular weight excluding hydrogens is 735 g/mol. The van der Waals surface area contributed by atoms with Crippen LogP contribution in [0, 0.1) is 12.8 Å². The lowest BCUT2D eigenvalue weighted by molar-refractivity contribution is 0.0130. The molecule has 0 spiro atoms. The SMILES string of the molecule is Cc1cccc2cc(C(=O)NS(=O)(=O)c3cccc(NC(CC[C@@H]4CN(C(=O)OC(C)(C)C)C(C)(C)C4)c4cc(C(C)(C)C)ccn4)n3)c(Cl)nc12.Cl. The molecule has 286 valence electrons. The minimum Gasteiger partial charge on any atom is -0.444 e. The van der Waals surface area contributed by atoms with Gasteiger partial charge < -0.3 is 15.0 Å². The van der Waals surface area contributed by atoms with Crippen LogP contribution in [0.25, 0.3) is 10.9 Å². The van der Waals surface area contributed by atoms with Crippen LogP contribution in [0.1, 0.15) is 108 Å². The molecule has 53 heavy (non-hydrogen) atoms. The minimum atomic E-state index is -4.40. The van der Waals surface area contributed by atoms with Gasteiger partial charge >= 0.3 is 6.09 Å². The van der Waals surface area contributed by atoms with Crippen LogP contribution in [0.4, 0.5) is 10.6 Å². The Morgan fingerprint density at radius 2 is 1.74 bits per heavy atom. The molecule has 1 aromatic carbocycles. The number of likely N-dealkylation sites (tertiary alicyclic amines) is 1. The third-order valence-corrected chi connectivity index (χ3v) is 10.8. The third-order valence-electron chi connectivity index (χ3n) is 9.23. The van der Waals surface area contributed by atoms with Gasteiger partial charge in [-0.3, -0.25) is 9.78 Å². The monoisotopic (exact) mass is 784 g/mol. The van der Waals surface area contributed by atoms with Crippen molar-refractivity contribution in [2.24, 2.45) is 5.92 Å². The first-order valence-corrected chi connectivity index (χ1v) is 19.3.